The molecule has 0 radical (unpaired) electrons. The lowest BCUT2D eigenvalue weighted by Gasteiger charge is -2.11. The molecule has 0 rings (SSSR count). The highest BCUT2D eigenvalue weighted by Crippen LogP contribution is 2.14. The molecule has 2 heteroatoms. The summed E-state index contributed by atoms with van der Waals surface area (Å²) < 4.78 is 4.63. The summed E-state index contributed by atoms with van der Waals surface area (Å²) in [5.74, 6) is 0.736. The van der Waals surface area contributed by atoms with E-state index in [1.807, 2.05) is 0 Å². The predicted octanol–water partition coefficient (Wildman–Crippen LogP) is 2.38. The quantitative estimate of drug-likeness (QED) is 0.420. The van der Waals surface area contributed by atoms with Crippen molar-refractivity contribution in [3.8, 4) is 0 Å². The molecule has 0 aliphatic carbocycles. The zero-order chi connectivity index (χ0) is 8.53. The minimum atomic E-state index is 0.526. The molecule has 0 aliphatic rings. The molecule has 0 saturated heterocycles. The summed E-state index contributed by atoms with van der Waals surface area (Å²) in [5.41, 5.74) is 0. The van der Waals surface area contributed by atoms with Gasteiger partial charge in [-0.25, -0.2) is 0 Å². The number of rotatable bonds is 7. The molecule has 11 heavy (non-hydrogen) atoms. The van der Waals surface area contributed by atoms with Gasteiger partial charge in [0.05, 0.1) is 6.61 Å². The summed E-state index contributed by atoms with van der Waals surface area (Å²) in [5, 5.41) is 0. The smallest absolute Gasteiger partial charge is 0.293 e. The summed E-state index contributed by atoms with van der Waals surface area (Å²) in [6.45, 7) is 5.48. The molecule has 0 bridgehead atoms. The van der Waals surface area contributed by atoms with Crippen LogP contribution in [-0.2, 0) is 9.53 Å². The number of carbonyl (C=O) groups excluding carboxylic acids is 1. The van der Waals surface area contributed by atoms with Gasteiger partial charge in [0.15, 0.2) is 0 Å². The van der Waals surface area contributed by atoms with Crippen molar-refractivity contribution in [3.05, 3.63) is 0 Å². The van der Waals surface area contributed by atoms with Crippen molar-refractivity contribution in [2.24, 2.45) is 5.92 Å². The fourth-order valence-corrected chi connectivity index (χ4v) is 1.24. The van der Waals surface area contributed by atoms with Crippen LogP contribution in [-0.4, -0.2) is 13.1 Å². The molecule has 1 unspecified atom stereocenters. The molecule has 0 spiro atoms. The van der Waals surface area contributed by atoms with Crippen molar-refractivity contribution in [2.75, 3.05) is 6.61 Å². The highest BCUT2D eigenvalue weighted by molar-refractivity contribution is 5.36. The van der Waals surface area contributed by atoms with E-state index in [4.69, 9.17) is 0 Å². The minimum Gasteiger partial charge on any atom is -0.468 e. The van der Waals surface area contributed by atoms with Gasteiger partial charge >= 0.3 is 0 Å². The van der Waals surface area contributed by atoms with E-state index in [0.717, 1.165) is 12.3 Å². The largest absolute Gasteiger partial charge is 0.468 e. The highest BCUT2D eigenvalue weighted by atomic mass is 16.5. The summed E-state index contributed by atoms with van der Waals surface area (Å²) in [7, 11) is 0. The predicted molar refractivity (Wildman–Crippen MR) is 45.3 cm³/mol. The Morgan fingerprint density at radius 3 is 2.55 bits per heavy atom. The van der Waals surface area contributed by atoms with E-state index in [1.54, 1.807) is 0 Å². The van der Waals surface area contributed by atoms with Crippen LogP contribution in [0, 0.1) is 5.92 Å². The third-order valence-corrected chi connectivity index (χ3v) is 1.99. The summed E-state index contributed by atoms with van der Waals surface area (Å²) in [6.07, 6.45) is 4.68. The molecule has 0 aliphatic heterocycles. The average molecular weight is 158 g/mol. The van der Waals surface area contributed by atoms with Gasteiger partial charge in [0.1, 0.15) is 0 Å². The molecule has 0 aromatic carbocycles. The van der Waals surface area contributed by atoms with Crippen LogP contribution in [0.4, 0.5) is 0 Å². The Kier molecular flexibility index (Phi) is 7.21. The van der Waals surface area contributed by atoms with Crippen LogP contribution in [0.3, 0.4) is 0 Å². The molecule has 0 heterocycles. The fourth-order valence-electron chi connectivity index (χ4n) is 1.24. The van der Waals surface area contributed by atoms with Crippen molar-refractivity contribution >= 4 is 6.47 Å². The second kappa shape index (κ2) is 7.58. The average Bonchev–Trinajstić information content (AvgIpc) is 2.03. The Bertz CT molecular complexity index is 91.6. The Labute approximate surface area is 68.9 Å². The molecule has 66 valence electrons. The maximum atomic E-state index is 9.81. The molecular weight excluding hydrogens is 140 g/mol. The van der Waals surface area contributed by atoms with Crippen molar-refractivity contribution in [1.82, 2.24) is 0 Å². The molecule has 0 fully saturated rings. The molecule has 0 aromatic rings. The van der Waals surface area contributed by atoms with Gasteiger partial charge in [-0.1, -0.05) is 33.1 Å². The van der Waals surface area contributed by atoms with Crippen LogP contribution in [0.5, 0.6) is 0 Å². The van der Waals surface area contributed by atoms with Crippen LogP contribution in [0.2, 0.25) is 0 Å². The Morgan fingerprint density at radius 2 is 2.09 bits per heavy atom. The van der Waals surface area contributed by atoms with E-state index >= 15 is 0 Å². The van der Waals surface area contributed by atoms with E-state index in [0.29, 0.717) is 13.1 Å². The second-order valence-corrected chi connectivity index (χ2v) is 2.82. The minimum absolute atomic E-state index is 0.526. The van der Waals surface area contributed by atoms with E-state index < -0.39 is 0 Å². The molecule has 0 aromatic heterocycles. The Morgan fingerprint density at radius 1 is 1.36 bits per heavy atom. The van der Waals surface area contributed by atoms with Gasteiger partial charge in [-0.15, -0.1) is 0 Å². The van der Waals surface area contributed by atoms with E-state index in [2.05, 4.69) is 18.6 Å². The molecule has 0 amide bonds. The first kappa shape index (κ1) is 10.5. The monoisotopic (exact) mass is 158 g/mol. The highest BCUT2D eigenvalue weighted by Gasteiger charge is 2.03. The number of hydrogen-bond donors (Lipinski definition) is 0. The molecule has 0 saturated carbocycles. The Balaban J connectivity index is 3.27. The second-order valence-electron chi connectivity index (χ2n) is 2.82. The van der Waals surface area contributed by atoms with Crippen LogP contribution in [0.15, 0.2) is 0 Å². The first-order chi connectivity index (χ1) is 5.35. The fraction of sp³-hybridized carbons (Fsp3) is 0.889. The van der Waals surface area contributed by atoms with Crippen molar-refractivity contribution in [2.45, 2.75) is 39.5 Å². The maximum Gasteiger partial charge on any atom is 0.293 e. The third kappa shape index (κ3) is 5.89. The first-order valence-electron chi connectivity index (χ1n) is 4.40. The van der Waals surface area contributed by atoms with Crippen molar-refractivity contribution in [3.63, 3.8) is 0 Å². The summed E-state index contributed by atoms with van der Waals surface area (Å²) in [6, 6.07) is 0. The summed E-state index contributed by atoms with van der Waals surface area (Å²) in [4.78, 5) is 9.81. The van der Waals surface area contributed by atoms with E-state index in [-0.39, 0.29) is 0 Å². The van der Waals surface area contributed by atoms with Gasteiger partial charge < -0.3 is 4.74 Å². The lowest BCUT2D eigenvalue weighted by molar-refractivity contribution is -0.129. The van der Waals surface area contributed by atoms with E-state index in [1.165, 1.54) is 19.3 Å². The van der Waals surface area contributed by atoms with Gasteiger partial charge in [-0.3, -0.25) is 4.79 Å². The van der Waals surface area contributed by atoms with Gasteiger partial charge in [0, 0.05) is 0 Å². The topological polar surface area (TPSA) is 26.3 Å². The molecular formula is C9H18O2. The lowest BCUT2D eigenvalue weighted by Crippen LogP contribution is -2.03. The molecule has 0 N–H and O–H groups in total. The number of hydrogen-bond acceptors (Lipinski definition) is 2. The Hall–Kier alpha value is -0.530. The third-order valence-electron chi connectivity index (χ3n) is 1.99. The zero-order valence-electron chi connectivity index (χ0n) is 7.51. The number of carbonyl (C=O) groups is 1. The molecule has 2 nitrogen and oxygen atoms in total. The van der Waals surface area contributed by atoms with Crippen molar-refractivity contribution in [1.29, 1.82) is 0 Å². The first-order valence-corrected chi connectivity index (χ1v) is 4.40. The van der Waals surface area contributed by atoms with Gasteiger partial charge in [0.2, 0.25) is 0 Å². The van der Waals surface area contributed by atoms with Gasteiger partial charge in [-0.05, 0) is 12.3 Å². The lowest BCUT2D eigenvalue weighted by atomic mass is 9.98. The maximum absolute atomic E-state index is 9.81. The van der Waals surface area contributed by atoms with Gasteiger partial charge in [-0.2, -0.15) is 0 Å². The van der Waals surface area contributed by atoms with Crippen LogP contribution < -0.4 is 0 Å². The SMILES string of the molecule is CCCC(CC)CCOC=O. The van der Waals surface area contributed by atoms with E-state index in [9.17, 15) is 4.79 Å². The zero-order valence-corrected chi connectivity index (χ0v) is 7.51. The number of ether oxygens (including phenoxy) is 1. The van der Waals surface area contributed by atoms with Crippen LogP contribution in [0.25, 0.3) is 0 Å². The van der Waals surface area contributed by atoms with Crippen molar-refractivity contribution < 1.29 is 9.53 Å². The standard InChI is InChI=1S/C9H18O2/c1-3-5-9(4-2)6-7-11-8-10/h8-9H,3-7H2,1-2H3. The van der Waals surface area contributed by atoms with Crippen LogP contribution >= 0.6 is 0 Å². The summed E-state index contributed by atoms with van der Waals surface area (Å²) >= 11 is 0. The van der Waals surface area contributed by atoms with Gasteiger partial charge in [0.25, 0.3) is 6.47 Å². The van der Waals surface area contributed by atoms with Crippen LogP contribution in [0.1, 0.15) is 39.5 Å². The molecule has 1 atom stereocenters. The normalized spacial score (nSPS) is 12.5.